The zero-order valence-electron chi connectivity index (χ0n) is 26.7. The van der Waals surface area contributed by atoms with E-state index in [1.165, 1.54) is 0 Å². The number of halogens is 6. The van der Waals surface area contributed by atoms with Crippen LogP contribution in [0.15, 0.2) is 12.1 Å². The third-order valence-electron chi connectivity index (χ3n) is 6.33. The third kappa shape index (κ3) is 11.1. The third-order valence-corrected chi connectivity index (χ3v) is 8.46. The highest BCUT2D eigenvalue weighted by Crippen LogP contribution is 2.42. The molecule has 254 valence electrons. The van der Waals surface area contributed by atoms with Gasteiger partial charge in [0.2, 0.25) is 0 Å². The van der Waals surface area contributed by atoms with Gasteiger partial charge in [0, 0.05) is 0 Å². The van der Waals surface area contributed by atoms with E-state index >= 15 is 0 Å². The van der Waals surface area contributed by atoms with Crippen molar-refractivity contribution < 1.29 is 38.1 Å². The average molecular weight is 761 g/mol. The summed E-state index contributed by atoms with van der Waals surface area (Å²) in [5.74, 6) is -5.87. The van der Waals surface area contributed by atoms with Crippen LogP contribution in [0, 0.1) is 22.7 Å². The van der Waals surface area contributed by atoms with E-state index in [0.717, 1.165) is 25.0 Å². The van der Waals surface area contributed by atoms with Crippen molar-refractivity contribution in [2.24, 2.45) is 22.7 Å². The molecule has 0 N–H and O–H groups in total. The van der Waals surface area contributed by atoms with Gasteiger partial charge in [0.05, 0.1) is 43.3 Å². The quantitative estimate of drug-likeness (QED) is 0.0911. The van der Waals surface area contributed by atoms with Gasteiger partial charge in [-0.1, -0.05) is 125 Å². The van der Waals surface area contributed by atoms with Crippen molar-refractivity contribution in [2.45, 2.75) is 68.2 Å². The molecule has 0 amide bonds. The van der Waals surface area contributed by atoms with Crippen molar-refractivity contribution in [3.63, 3.8) is 0 Å². The van der Waals surface area contributed by atoms with Gasteiger partial charge in [-0.25, -0.2) is 19.2 Å². The molecule has 2 rings (SSSR count). The highest BCUT2D eigenvalue weighted by atomic mass is 35.5. The first-order valence-electron chi connectivity index (χ1n) is 14.2. The maximum absolute atomic E-state index is 13.2. The average Bonchev–Trinajstić information content (AvgIpc) is 2.90. The Morgan fingerprint density at radius 3 is 1.17 bits per heavy atom. The van der Waals surface area contributed by atoms with Gasteiger partial charge in [-0.05, 0) is 47.6 Å². The summed E-state index contributed by atoms with van der Waals surface area (Å²) in [6, 6.07) is 2.23. The van der Waals surface area contributed by atoms with Gasteiger partial charge in [-0.15, -0.1) is 0 Å². The van der Waals surface area contributed by atoms with Gasteiger partial charge < -0.3 is 18.9 Å². The van der Waals surface area contributed by atoms with Gasteiger partial charge in [-0.3, -0.25) is 0 Å². The molecule has 0 saturated heterocycles. The molecule has 2 aromatic rings. The lowest BCUT2D eigenvalue weighted by Crippen LogP contribution is -2.28. The molecule has 0 aliphatic heterocycles. The first kappa shape index (κ1) is 40.2. The molecule has 14 heteroatoms. The van der Waals surface area contributed by atoms with Crippen LogP contribution in [-0.2, 0) is 19.1 Å². The minimum atomic E-state index is -1.66. The summed E-state index contributed by atoms with van der Waals surface area (Å²) in [7, 11) is 0. The monoisotopic (exact) mass is 758 g/mol. The lowest BCUT2D eigenvalue weighted by atomic mass is 9.85. The molecule has 46 heavy (non-hydrogen) atoms. The summed E-state index contributed by atoms with van der Waals surface area (Å²) >= 11 is 37.4. The predicted molar refractivity (Wildman–Crippen MR) is 181 cm³/mol. The Labute approximate surface area is 299 Å². The van der Waals surface area contributed by atoms with E-state index in [1.807, 2.05) is 55.4 Å². The standard InChI is InChI=1S/C32H36Cl6O8/c1-15(2)11-31(5,6)13-43-27(39)21-23(37)17(33)9-19(35)25(21)45-29(41)30(42)46-26-20(36)10-18(34)24(38)22(26)28(40)44-14-32(7,8)12-16(3)4/h9-10,15-16H,11-14H2,1-8H3. The second kappa shape index (κ2) is 16.4. The summed E-state index contributed by atoms with van der Waals surface area (Å²) in [5, 5.41) is -1.58. The lowest BCUT2D eigenvalue weighted by Gasteiger charge is -2.26. The van der Waals surface area contributed by atoms with Crippen LogP contribution in [0.5, 0.6) is 11.5 Å². The molecule has 0 atom stereocenters. The number of hydrogen-bond acceptors (Lipinski definition) is 8. The fraction of sp³-hybridized carbons (Fsp3) is 0.500. The summed E-state index contributed by atoms with van der Waals surface area (Å²) < 4.78 is 21.3. The van der Waals surface area contributed by atoms with Gasteiger partial charge in [0.15, 0.2) is 11.5 Å². The molecule has 2 aromatic carbocycles. The molecule has 0 saturated carbocycles. The summed E-state index contributed by atoms with van der Waals surface area (Å²) in [5.41, 5.74) is -1.77. The van der Waals surface area contributed by atoms with Crippen LogP contribution in [0.2, 0.25) is 30.1 Å². The van der Waals surface area contributed by atoms with E-state index in [0.29, 0.717) is 11.8 Å². The fourth-order valence-electron chi connectivity index (χ4n) is 4.98. The molecule has 0 unspecified atom stereocenters. The number of hydrogen-bond donors (Lipinski definition) is 0. The zero-order chi connectivity index (χ0) is 35.3. The van der Waals surface area contributed by atoms with E-state index in [-0.39, 0.29) is 43.3 Å². The highest BCUT2D eigenvalue weighted by molar-refractivity contribution is 6.47. The summed E-state index contributed by atoms with van der Waals surface area (Å²) in [6.45, 7) is 15.7. The molecule has 8 nitrogen and oxygen atoms in total. The number of rotatable bonds is 12. The van der Waals surface area contributed by atoms with Crippen molar-refractivity contribution in [3.05, 3.63) is 53.4 Å². The molecule has 0 radical (unpaired) electrons. The van der Waals surface area contributed by atoms with E-state index < -0.39 is 57.3 Å². The van der Waals surface area contributed by atoms with E-state index in [2.05, 4.69) is 0 Å². The molecule has 0 aliphatic carbocycles. The molecular formula is C32H36Cl6O8. The second-order valence-electron chi connectivity index (χ2n) is 13.2. The van der Waals surface area contributed by atoms with Crippen LogP contribution in [0.3, 0.4) is 0 Å². The summed E-state index contributed by atoms with van der Waals surface area (Å²) in [4.78, 5) is 52.3. The number of carbonyl (C=O) groups excluding carboxylic acids is 4. The first-order valence-corrected chi connectivity index (χ1v) is 16.5. The number of ether oxygens (including phenoxy) is 4. The largest absolute Gasteiger partial charge is 0.461 e. The van der Waals surface area contributed by atoms with Crippen molar-refractivity contribution in [2.75, 3.05) is 13.2 Å². The van der Waals surface area contributed by atoms with E-state index in [9.17, 15) is 19.2 Å². The fourth-order valence-corrected chi connectivity index (χ4v) is 6.42. The van der Waals surface area contributed by atoms with Crippen LogP contribution in [0.25, 0.3) is 0 Å². The van der Waals surface area contributed by atoms with Gasteiger partial charge in [-0.2, -0.15) is 0 Å². The van der Waals surface area contributed by atoms with Gasteiger partial charge in [0.1, 0.15) is 11.1 Å². The molecule has 0 bridgehead atoms. The van der Waals surface area contributed by atoms with Crippen molar-refractivity contribution in [1.29, 1.82) is 0 Å². The van der Waals surface area contributed by atoms with Crippen LogP contribution < -0.4 is 9.47 Å². The Bertz CT molecular complexity index is 1390. The van der Waals surface area contributed by atoms with Gasteiger partial charge in [0.25, 0.3) is 0 Å². The molecule has 0 fully saturated rings. The van der Waals surface area contributed by atoms with Crippen LogP contribution in [0.1, 0.15) is 88.9 Å². The Kier molecular flexibility index (Phi) is 14.4. The van der Waals surface area contributed by atoms with Crippen molar-refractivity contribution in [3.8, 4) is 11.5 Å². The zero-order valence-corrected chi connectivity index (χ0v) is 31.2. The molecular weight excluding hydrogens is 725 g/mol. The maximum Gasteiger partial charge on any atom is 0.423 e. The number of benzene rings is 2. The van der Waals surface area contributed by atoms with Crippen LogP contribution in [-0.4, -0.2) is 37.1 Å². The molecule has 0 aromatic heterocycles. The minimum absolute atomic E-state index is 0.0107. The Morgan fingerprint density at radius 2 is 0.891 bits per heavy atom. The summed E-state index contributed by atoms with van der Waals surface area (Å²) in [6.07, 6.45) is 1.47. The molecule has 0 heterocycles. The second-order valence-corrected chi connectivity index (χ2v) is 15.6. The molecule has 0 aliphatic rings. The van der Waals surface area contributed by atoms with Crippen molar-refractivity contribution >= 4 is 93.5 Å². The number of esters is 4. The Morgan fingerprint density at radius 1 is 0.587 bits per heavy atom. The van der Waals surface area contributed by atoms with E-state index in [4.69, 9.17) is 88.6 Å². The van der Waals surface area contributed by atoms with Crippen LogP contribution in [0.4, 0.5) is 0 Å². The highest BCUT2D eigenvalue weighted by Gasteiger charge is 2.33. The SMILES string of the molecule is CC(C)CC(C)(C)COC(=O)c1c(Cl)c(Cl)cc(Cl)c1OC(=O)C(=O)Oc1c(Cl)cc(Cl)c(Cl)c1C(=O)OCC(C)(C)CC(C)C. The smallest absolute Gasteiger partial charge is 0.423 e. The van der Waals surface area contributed by atoms with Crippen LogP contribution >= 0.6 is 69.6 Å². The Balaban J connectivity index is 2.39. The van der Waals surface area contributed by atoms with E-state index in [1.54, 1.807) is 0 Å². The topological polar surface area (TPSA) is 105 Å². The predicted octanol–water partition coefficient (Wildman–Crippen LogP) is 10.6. The first-order chi connectivity index (χ1) is 21.1. The number of carbonyl (C=O) groups is 4. The van der Waals surface area contributed by atoms with Crippen molar-refractivity contribution in [1.82, 2.24) is 0 Å². The lowest BCUT2D eigenvalue weighted by molar-refractivity contribution is -0.156. The maximum atomic E-state index is 13.2. The molecule has 0 spiro atoms. The minimum Gasteiger partial charge on any atom is -0.461 e. The normalized spacial score (nSPS) is 11.9. The Hall–Kier alpha value is -1.94. The van der Waals surface area contributed by atoms with Gasteiger partial charge >= 0.3 is 23.9 Å².